The summed E-state index contributed by atoms with van der Waals surface area (Å²) in [5.41, 5.74) is 1.58. The van der Waals surface area contributed by atoms with Gasteiger partial charge in [-0.3, -0.25) is 4.79 Å². The Morgan fingerprint density at radius 3 is 2.51 bits per heavy atom. The second-order valence-corrected chi connectivity index (χ2v) is 10.5. The topological polar surface area (TPSA) is 112 Å². The minimum atomic E-state index is -0.637. The number of nitrogens with one attached hydrogen (secondary N) is 1. The molecule has 0 fully saturated rings. The lowest BCUT2D eigenvalue weighted by molar-refractivity contribution is -0.113. The molecule has 3 aromatic heterocycles. The average Bonchev–Trinajstić information content (AvgIpc) is 3.55. The largest absolute Gasteiger partial charge is 0.465 e. The van der Waals surface area contributed by atoms with Crippen molar-refractivity contribution in [3.05, 3.63) is 32.3 Å². The lowest BCUT2D eigenvalue weighted by Gasteiger charge is -2.08. The summed E-state index contributed by atoms with van der Waals surface area (Å²) in [5, 5.41) is 14.4. The van der Waals surface area contributed by atoms with Crippen molar-refractivity contribution < 1.29 is 23.9 Å². The zero-order chi connectivity index (χ0) is 25.5. The quantitative estimate of drug-likeness (QED) is 0.268. The highest BCUT2D eigenvalue weighted by molar-refractivity contribution is 7.99. The van der Waals surface area contributed by atoms with Gasteiger partial charge in [0.2, 0.25) is 5.91 Å². The molecule has 9 nitrogen and oxygen atoms in total. The van der Waals surface area contributed by atoms with E-state index in [4.69, 9.17) is 9.47 Å². The number of amides is 1. The first-order valence-corrected chi connectivity index (χ1v) is 13.8. The number of esters is 2. The lowest BCUT2D eigenvalue weighted by Crippen LogP contribution is -2.16. The molecule has 0 bridgehead atoms. The fourth-order valence-electron chi connectivity index (χ4n) is 3.44. The van der Waals surface area contributed by atoms with Crippen molar-refractivity contribution in [3.63, 3.8) is 0 Å². The van der Waals surface area contributed by atoms with Gasteiger partial charge in [-0.15, -0.1) is 32.9 Å². The number of carbonyl (C=O) groups is 3. The molecular weight excluding hydrogens is 508 g/mol. The van der Waals surface area contributed by atoms with Crippen LogP contribution in [0.4, 0.5) is 5.00 Å². The van der Waals surface area contributed by atoms with Gasteiger partial charge in [-0.2, -0.15) is 0 Å². The van der Waals surface area contributed by atoms with Crippen LogP contribution in [0.25, 0.3) is 11.4 Å². The van der Waals surface area contributed by atoms with Crippen molar-refractivity contribution >= 4 is 57.3 Å². The van der Waals surface area contributed by atoms with Gasteiger partial charge >= 0.3 is 11.9 Å². The molecule has 3 aromatic rings. The van der Waals surface area contributed by atoms with Crippen LogP contribution in [0.1, 0.15) is 57.2 Å². The number of carbonyl (C=O) groups excluding carboxylic acids is 3. The van der Waals surface area contributed by atoms with E-state index in [1.165, 1.54) is 30.9 Å². The maximum Gasteiger partial charge on any atom is 0.348 e. The highest BCUT2D eigenvalue weighted by Crippen LogP contribution is 2.34. The number of methoxy groups -OCH3 is 2. The molecule has 0 saturated carbocycles. The van der Waals surface area contributed by atoms with Gasteiger partial charge in [-0.05, 0) is 31.4 Å². The monoisotopic (exact) mass is 536 g/mol. The van der Waals surface area contributed by atoms with E-state index in [1.807, 2.05) is 4.57 Å². The fourth-order valence-corrected chi connectivity index (χ4v) is 6.30. The maximum atomic E-state index is 12.8. The van der Waals surface area contributed by atoms with Gasteiger partial charge in [-0.1, -0.05) is 32.0 Å². The number of rotatable bonds is 11. The van der Waals surface area contributed by atoms with Gasteiger partial charge in [0, 0.05) is 22.4 Å². The molecule has 3 rings (SSSR count). The van der Waals surface area contributed by atoms with Crippen LogP contribution in [-0.4, -0.2) is 52.6 Å². The number of thiophene rings is 2. The van der Waals surface area contributed by atoms with E-state index in [-0.39, 0.29) is 27.1 Å². The molecule has 0 saturated heterocycles. The molecule has 0 aromatic carbocycles. The summed E-state index contributed by atoms with van der Waals surface area (Å²) in [7, 11) is 2.51. The zero-order valence-electron chi connectivity index (χ0n) is 20.3. The Hall–Kier alpha value is -2.70. The molecule has 0 aliphatic heterocycles. The predicted molar refractivity (Wildman–Crippen MR) is 139 cm³/mol. The zero-order valence-corrected chi connectivity index (χ0v) is 22.7. The van der Waals surface area contributed by atoms with Gasteiger partial charge in [-0.25, -0.2) is 9.59 Å². The first-order chi connectivity index (χ1) is 16.8. The van der Waals surface area contributed by atoms with Crippen molar-refractivity contribution in [2.75, 3.05) is 25.3 Å². The Balaban J connectivity index is 1.77. The molecule has 0 aliphatic carbocycles. The molecule has 0 unspecified atom stereocenters. The number of hydrogen-bond donors (Lipinski definition) is 1. The number of ether oxygens (including phenoxy) is 2. The summed E-state index contributed by atoms with van der Waals surface area (Å²) in [4.78, 5) is 38.7. The molecule has 3 heterocycles. The third-order valence-electron chi connectivity index (χ3n) is 5.06. The van der Waals surface area contributed by atoms with Crippen molar-refractivity contribution in [2.45, 2.75) is 51.7 Å². The number of hydrogen-bond acceptors (Lipinski definition) is 10. The molecule has 1 N–H and O–H groups in total. The van der Waals surface area contributed by atoms with Crippen LogP contribution in [-0.2, 0) is 27.2 Å². The van der Waals surface area contributed by atoms with Crippen molar-refractivity contribution in [1.82, 2.24) is 14.8 Å². The second kappa shape index (κ2) is 12.3. The molecule has 0 atom stereocenters. The average molecular weight is 537 g/mol. The van der Waals surface area contributed by atoms with Crippen LogP contribution in [0.2, 0.25) is 0 Å². The van der Waals surface area contributed by atoms with E-state index in [9.17, 15) is 14.4 Å². The van der Waals surface area contributed by atoms with Crippen molar-refractivity contribution in [1.29, 1.82) is 0 Å². The third-order valence-corrected chi connectivity index (χ3v) is 8.22. The van der Waals surface area contributed by atoms with E-state index in [0.29, 0.717) is 10.7 Å². The fraction of sp³-hybridized carbons (Fsp3) is 0.435. The summed E-state index contributed by atoms with van der Waals surface area (Å²) >= 11 is 3.96. The van der Waals surface area contributed by atoms with Crippen LogP contribution in [0, 0.1) is 6.92 Å². The minimum Gasteiger partial charge on any atom is -0.465 e. The van der Waals surface area contributed by atoms with Crippen LogP contribution in [0.3, 0.4) is 0 Å². The normalized spacial score (nSPS) is 10.9. The first kappa shape index (κ1) is 26.9. The minimum absolute atomic E-state index is 0.0533. The molecule has 0 radical (unpaired) electrons. The van der Waals surface area contributed by atoms with E-state index in [1.54, 1.807) is 18.3 Å². The molecule has 188 valence electrons. The Morgan fingerprint density at radius 1 is 1.11 bits per heavy atom. The Morgan fingerprint density at radius 2 is 1.86 bits per heavy atom. The second-order valence-electron chi connectivity index (χ2n) is 7.59. The van der Waals surface area contributed by atoms with Crippen molar-refractivity contribution in [2.24, 2.45) is 0 Å². The van der Waals surface area contributed by atoms with E-state index < -0.39 is 11.9 Å². The summed E-state index contributed by atoms with van der Waals surface area (Å²) in [5.74, 6) is -0.715. The van der Waals surface area contributed by atoms with Crippen molar-refractivity contribution in [3.8, 4) is 11.4 Å². The van der Waals surface area contributed by atoms with Crippen LogP contribution < -0.4 is 5.32 Å². The number of aromatic nitrogens is 3. The molecule has 1 amide bonds. The van der Waals surface area contributed by atoms with Gasteiger partial charge < -0.3 is 19.4 Å². The number of anilines is 1. The number of thioether (sulfide) groups is 1. The van der Waals surface area contributed by atoms with E-state index >= 15 is 0 Å². The van der Waals surface area contributed by atoms with Crippen LogP contribution >= 0.6 is 34.4 Å². The molecule has 12 heteroatoms. The van der Waals surface area contributed by atoms with Crippen LogP contribution in [0.15, 0.2) is 16.6 Å². The molecule has 0 aliphatic rings. The number of aryl methyl sites for hydroxylation is 1. The highest BCUT2D eigenvalue weighted by atomic mass is 32.2. The SMILES string of the molecule is CCCc1cc(-c2nnc(SCC(=O)Nc3sc(C(=O)OC)c(C)c3C(=O)OC)n2CCC)cs1. The highest BCUT2D eigenvalue weighted by Gasteiger charge is 2.27. The summed E-state index contributed by atoms with van der Waals surface area (Å²) in [6, 6.07) is 2.15. The van der Waals surface area contributed by atoms with Gasteiger partial charge in [0.15, 0.2) is 11.0 Å². The maximum absolute atomic E-state index is 12.8. The summed E-state index contributed by atoms with van der Waals surface area (Å²) in [6.45, 7) is 6.57. The summed E-state index contributed by atoms with van der Waals surface area (Å²) in [6.07, 6.45) is 3.01. The third kappa shape index (κ3) is 6.11. The molecular formula is C23H28N4O5S3. The molecule has 35 heavy (non-hydrogen) atoms. The van der Waals surface area contributed by atoms with Gasteiger partial charge in [0.25, 0.3) is 0 Å². The number of nitrogens with zero attached hydrogens (tertiary/aromatic N) is 3. The Kier molecular flexibility index (Phi) is 9.47. The van der Waals surface area contributed by atoms with Gasteiger partial charge in [0.1, 0.15) is 9.88 Å². The van der Waals surface area contributed by atoms with E-state index in [2.05, 4.69) is 40.8 Å². The Bertz CT molecular complexity index is 1210. The standard InChI is InChI=1S/C23H28N4O5S3/c1-6-8-15-10-14(11-33-15)19-25-26-23(27(19)9-7-2)34-12-16(28)24-20-17(21(29)31-4)13(3)18(35-20)22(30)32-5/h10-11H,6-9,12H2,1-5H3,(H,24,28). The lowest BCUT2D eigenvalue weighted by atomic mass is 10.1. The van der Waals surface area contributed by atoms with E-state index in [0.717, 1.165) is 48.5 Å². The molecule has 0 spiro atoms. The first-order valence-electron chi connectivity index (χ1n) is 11.1. The Labute approximate surface area is 216 Å². The van der Waals surface area contributed by atoms with Crippen LogP contribution in [0.5, 0.6) is 0 Å². The smallest absolute Gasteiger partial charge is 0.348 e. The van der Waals surface area contributed by atoms with Gasteiger partial charge in [0.05, 0.1) is 25.5 Å². The predicted octanol–water partition coefficient (Wildman–Crippen LogP) is 5.04. The summed E-state index contributed by atoms with van der Waals surface area (Å²) < 4.78 is 11.7.